The summed E-state index contributed by atoms with van der Waals surface area (Å²) in [5, 5.41) is 1.05. The van der Waals surface area contributed by atoms with E-state index in [1.165, 1.54) is 4.57 Å². The van der Waals surface area contributed by atoms with Gasteiger partial charge >= 0.3 is 5.97 Å². The van der Waals surface area contributed by atoms with Crippen LogP contribution in [0.15, 0.2) is 35.3 Å². The second-order valence-corrected chi connectivity index (χ2v) is 7.27. The van der Waals surface area contributed by atoms with Gasteiger partial charge in [-0.3, -0.25) is 9.59 Å². The van der Waals surface area contributed by atoms with Crippen LogP contribution >= 0.6 is 0 Å². The van der Waals surface area contributed by atoms with E-state index in [4.69, 9.17) is 9.47 Å². The number of hydrogen-bond donors (Lipinski definition) is 0. The van der Waals surface area contributed by atoms with Crippen molar-refractivity contribution in [2.45, 2.75) is 52.2 Å². The molecule has 0 saturated carbocycles. The van der Waals surface area contributed by atoms with E-state index in [2.05, 4.69) is 0 Å². The second-order valence-electron chi connectivity index (χ2n) is 7.27. The number of carbonyl (C=O) groups is 2. The van der Waals surface area contributed by atoms with Gasteiger partial charge in [0.25, 0.3) is 5.56 Å². The van der Waals surface area contributed by atoms with Gasteiger partial charge in [-0.15, -0.1) is 0 Å². The van der Waals surface area contributed by atoms with Gasteiger partial charge in [-0.05, 0) is 44.9 Å². The molecule has 1 aliphatic rings. The number of hydrogen-bond acceptors (Lipinski definition) is 5. The Morgan fingerprint density at radius 1 is 1.07 bits per heavy atom. The smallest absolute Gasteiger partial charge is 0.347 e. The van der Waals surface area contributed by atoms with E-state index in [1.54, 1.807) is 44.3 Å². The molecule has 0 radical (unpaired) electrons. The molecule has 2 heterocycles. The van der Waals surface area contributed by atoms with Crippen LogP contribution in [-0.4, -0.2) is 47.1 Å². The van der Waals surface area contributed by atoms with E-state index >= 15 is 0 Å². The van der Waals surface area contributed by atoms with Crippen molar-refractivity contribution >= 4 is 22.6 Å². The summed E-state index contributed by atoms with van der Waals surface area (Å²) in [4.78, 5) is 39.3. The Bertz CT molecular complexity index is 928. The van der Waals surface area contributed by atoms with Crippen LogP contribution in [0.2, 0.25) is 0 Å². The van der Waals surface area contributed by atoms with Crippen molar-refractivity contribution < 1.29 is 19.1 Å². The zero-order valence-electron chi connectivity index (χ0n) is 17.1. The Balaban J connectivity index is 1.82. The van der Waals surface area contributed by atoms with Gasteiger partial charge in [0.15, 0.2) is 6.10 Å². The van der Waals surface area contributed by atoms with Crippen molar-refractivity contribution in [1.82, 2.24) is 9.47 Å². The van der Waals surface area contributed by atoms with Gasteiger partial charge in [0.2, 0.25) is 5.91 Å². The summed E-state index contributed by atoms with van der Waals surface area (Å²) in [6.45, 7) is 5.16. The first kappa shape index (κ1) is 20.9. The van der Waals surface area contributed by atoms with E-state index < -0.39 is 12.1 Å². The Hall–Kier alpha value is -2.83. The van der Waals surface area contributed by atoms with E-state index in [0.717, 1.165) is 38.8 Å². The first-order valence-electron chi connectivity index (χ1n) is 10.2. The summed E-state index contributed by atoms with van der Waals surface area (Å²) in [5.74, 6) is -0.0521. The van der Waals surface area contributed by atoms with Crippen LogP contribution in [0.3, 0.4) is 0 Å². The Labute approximate surface area is 170 Å². The Kier molecular flexibility index (Phi) is 6.90. The van der Waals surface area contributed by atoms with Crippen LogP contribution in [0.5, 0.6) is 5.75 Å². The molecular formula is C22H28N2O5. The van der Waals surface area contributed by atoms with Crippen LogP contribution in [0.25, 0.3) is 10.8 Å². The van der Waals surface area contributed by atoms with Crippen molar-refractivity contribution in [3.05, 3.63) is 40.8 Å². The van der Waals surface area contributed by atoms with Crippen LogP contribution in [-0.2, 0) is 20.9 Å². The maximum Gasteiger partial charge on any atom is 0.347 e. The van der Waals surface area contributed by atoms with Crippen molar-refractivity contribution in [3.63, 3.8) is 0 Å². The van der Waals surface area contributed by atoms with Gasteiger partial charge in [-0.2, -0.15) is 0 Å². The third-order valence-corrected chi connectivity index (χ3v) is 5.17. The highest BCUT2D eigenvalue weighted by molar-refractivity contribution is 5.88. The van der Waals surface area contributed by atoms with E-state index in [1.807, 2.05) is 4.90 Å². The summed E-state index contributed by atoms with van der Waals surface area (Å²) < 4.78 is 12.1. The molecule has 1 aromatic heterocycles. The number of carbonyl (C=O) groups excluding carboxylic acids is 2. The first-order valence-corrected chi connectivity index (χ1v) is 10.2. The molecule has 7 nitrogen and oxygen atoms in total. The molecule has 29 heavy (non-hydrogen) atoms. The summed E-state index contributed by atoms with van der Waals surface area (Å²) >= 11 is 0. The minimum atomic E-state index is -0.785. The summed E-state index contributed by atoms with van der Waals surface area (Å²) in [6, 6.07) is 6.87. The zero-order valence-corrected chi connectivity index (χ0v) is 17.1. The van der Waals surface area contributed by atoms with Crippen LogP contribution in [0, 0.1) is 0 Å². The molecule has 0 N–H and O–H groups in total. The maximum atomic E-state index is 12.9. The highest BCUT2D eigenvalue weighted by Gasteiger charge is 2.19. The molecule has 0 unspecified atom stereocenters. The fraction of sp³-hybridized carbons (Fsp3) is 0.500. The molecular weight excluding hydrogens is 372 g/mol. The zero-order chi connectivity index (χ0) is 20.8. The lowest BCUT2D eigenvalue weighted by atomic mass is 10.1. The van der Waals surface area contributed by atoms with E-state index in [9.17, 15) is 14.4 Å². The van der Waals surface area contributed by atoms with Crippen molar-refractivity contribution in [3.8, 4) is 5.75 Å². The number of nitrogens with zero attached hydrogens (tertiary/aromatic N) is 2. The van der Waals surface area contributed by atoms with Crippen molar-refractivity contribution in [2.75, 3.05) is 19.7 Å². The summed E-state index contributed by atoms with van der Waals surface area (Å²) in [7, 11) is 0. The normalized spacial score (nSPS) is 15.6. The van der Waals surface area contributed by atoms with E-state index in [-0.39, 0.29) is 24.6 Å². The van der Waals surface area contributed by atoms with E-state index in [0.29, 0.717) is 16.5 Å². The molecule has 1 aliphatic heterocycles. The molecule has 1 atom stereocenters. The molecule has 0 aliphatic carbocycles. The molecule has 1 aromatic carbocycles. The first-order chi connectivity index (χ1) is 14.0. The number of benzene rings is 1. The standard InChI is InChI=1S/C22H28N2O5/c1-3-28-22(27)16(2)29-19-10-8-9-18-17(19)11-14-24(21(18)26)15-20(25)23-12-6-4-5-7-13-23/h8-11,14,16H,3-7,12-13,15H2,1-2H3/t16-/m1/s1. The van der Waals surface area contributed by atoms with Crippen LogP contribution < -0.4 is 10.3 Å². The molecule has 0 bridgehead atoms. The number of rotatable bonds is 6. The van der Waals surface area contributed by atoms with Gasteiger partial charge < -0.3 is 18.9 Å². The summed E-state index contributed by atoms with van der Waals surface area (Å²) in [6.07, 6.45) is 5.14. The van der Waals surface area contributed by atoms with Crippen LogP contribution in [0.4, 0.5) is 0 Å². The van der Waals surface area contributed by atoms with Crippen LogP contribution in [0.1, 0.15) is 39.5 Å². The lowest BCUT2D eigenvalue weighted by molar-refractivity contribution is -0.150. The third kappa shape index (κ3) is 4.96. The predicted molar refractivity (Wildman–Crippen MR) is 110 cm³/mol. The molecule has 3 rings (SSSR count). The number of aromatic nitrogens is 1. The summed E-state index contributed by atoms with van der Waals surface area (Å²) in [5.41, 5.74) is -0.250. The van der Waals surface area contributed by atoms with Gasteiger partial charge in [0, 0.05) is 24.7 Å². The number of pyridine rings is 1. The largest absolute Gasteiger partial charge is 0.478 e. The third-order valence-electron chi connectivity index (χ3n) is 5.17. The molecule has 1 amide bonds. The minimum Gasteiger partial charge on any atom is -0.478 e. The average molecular weight is 400 g/mol. The average Bonchev–Trinajstić information content (AvgIpc) is 3.00. The maximum absolute atomic E-state index is 12.9. The fourth-order valence-corrected chi connectivity index (χ4v) is 3.58. The molecule has 2 aromatic rings. The number of fused-ring (bicyclic) bond motifs is 1. The monoisotopic (exact) mass is 400 g/mol. The van der Waals surface area contributed by atoms with Crippen molar-refractivity contribution in [1.29, 1.82) is 0 Å². The predicted octanol–water partition coefficient (Wildman–Crippen LogP) is 2.73. The van der Waals surface area contributed by atoms with Gasteiger partial charge in [-0.1, -0.05) is 18.9 Å². The Morgan fingerprint density at radius 2 is 1.79 bits per heavy atom. The second kappa shape index (κ2) is 9.58. The quantitative estimate of drug-likeness (QED) is 0.697. The highest BCUT2D eigenvalue weighted by atomic mass is 16.6. The number of amides is 1. The number of likely N-dealkylation sites (tertiary alicyclic amines) is 1. The molecule has 1 fully saturated rings. The molecule has 0 spiro atoms. The molecule has 7 heteroatoms. The van der Waals surface area contributed by atoms with Gasteiger partial charge in [0.1, 0.15) is 12.3 Å². The number of esters is 1. The number of ether oxygens (including phenoxy) is 2. The Morgan fingerprint density at radius 3 is 2.48 bits per heavy atom. The minimum absolute atomic E-state index is 0.0269. The van der Waals surface area contributed by atoms with Crippen molar-refractivity contribution in [2.24, 2.45) is 0 Å². The lowest BCUT2D eigenvalue weighted by Crippen LogP contribution is -2.37. The fourth-order valence-electron chi connectivity index (χ4n) is 3.58. The molecule has 156 valence electrons. The highest BCUT2D eigenvalue weighted by Crippen LogP contribution is 2.24. The SMILES string of the molecule is CCOC(=O)[C@@H](C)Oc1cccc2c(=O)n(CC(=O)N3CCCCCC3)ccc12. The topological polar surface area (TPSA) is 77.8 Å². The lowest BCUT2D eigenvalue weighted by Gasteiger charge is -2.21. The van der Waals surface area contributed by atoms with Gasteiger partial charge in [-0.25, -0.2) is 4.79 Å². The van der Waals surface area contributed by atoms with Gasteiger partial charge in [0.05, 0.1) is 12.0 Å². The molecule has 1 saturated heterocycles.